The minimum absolute atomic E-state index is 0.363. The molecule has 0 amide bonds. The van der Waals surface area contributed by atoms with Crippen LogP contribution in [0.5, 0.6) is 0 Å². The van der Waals surface area contributed by atoms with Crippen LogP contribution in [0.1, 0.15) is 38.2 Å². The molecule has 0 saturated heterocycles. The maximum atomic E-state index is 8.73. The monoisotopic (exact) mass is 230 g/mol. The van der Waals surface area contributed by atoms with Crippen LogP contribution < -0.4 is 11.1 Å². The van der Waals surface area contributed by atoms with Gasteiger partial charge < -0.3 is 11.1 Å². The molecule has 0 radical (unpaired) electrons. The van der Waals surface area contributed by atoms with Gasteiger partial charge in [0.15, 0.2) is 0 Å². The van der Waals surface area contributed by atoms with E-state index in [-0.39, 0.29) is 0 Å². The van der Waals surface area contributed by atoms with Crippen molar-refractivity contribution >= 4 is 11.5 Å². The van der Waals surface area contributed by atoms with Gasteiger partial charge in [0.25, 0.3) is 0 Å². The van der Waals surface area contributed by atoms with E-state index in [2.05, 4.69) is 17.2 Å². The molecule has 1 saturated carbocycles. The Hall–Kier alpha value is -1.76. The summed E-state index contributed by atoms with van der Waals surface area (Å²) in [5.74, 6) is 0.692. The number of hydrogen-bond donors (Lipinski definition) is 2. The van der Waals surface area contributed by atoms with Gasteiger partial charge in [-0.05, 0) is 24.3 Å². The number of pyridine rings is 1. The Kier molecular flexibility index (Phi) is 3.19. The molecule has 1 heterocycles. The Morgan fingerprint density at radius 1 is 1.53 bits per heavy atom. The quantitative estimate of drug-likeness (QED) is 0.836. The summed E-state index contributed by atoms with van der Waals surface area (Å²) < 4.78 is 0. The number of nitrogens with two attached hydrogens (primary N) is 1. The van der Waals surface area contributed by atoms with Crippen LogP contribution in [0.15, 0.2) is 12.3 Å². The average molecular weight is 230 g/mol. The van der Waals surface area contributed by atoms with E-state index in [1.165, 1.54) is 25.7 Å². The Bertz CT molecular complexity index is 441. The van der Waals surface area contributed by atoms with Crippen molar-refractivity contribution in [3.8, 4) is 6.07 Å². The van der Waals surface area contributed by atoms with Crippen molar-refractivity contribution in [2.45, 2.75) is 32.6 Å². The number of nitrogens with one attached hydrogen (secondary N) is 1. The van der Waals surface area contributed by atoms with Crippen molar-refractivity contribution in [2.24, 2.45) is 5.41 Å². The zero-order chi connectivity index (χ0) is 12.3. The van der Waals surface area contributed by atoms with Gasteiger partial charge in [0.1, 0.15) is 11.9 Å². The average Bonchev–Trinajstić information content (AvgIpc) is 2.75. The molecule has 0 atom stereocenters. The minimum atomic E-state index is 0.363. The third kappa shape index (κ3) is 2.68. The summed E-state index contributed by atoms with van der Waals surface area (Å²) in [6.45, 7) is 3.20. The van der Waals surface area contributed by atoms with E-state index in [4.69, 9.17) is 11.0 Å². The zero-order valence-corrected chi connectivity index (χ0v) is 10.2. The predicted molar refractivity (Wildman–Crippen MR) is 68.4 cm³/mol. The van der Waals surface area contributed by atoms with Crippen LogP contribution in [0.4, 0.5) is 11.5 Å². The highest BCUT2D eigenvalue weighted by molar-refractivity contribution is 5.63. The largest absolute Gasteiger partial charge is 0.396 e. The van der Waals surface area contributed by atoms with Crippen LogP contribution >= 0.6 is 0 Å². The predicted octanol–water partition coefficient (Wildman–Crippen LogP) is 2.53. The molecule has 3 N–H and O–H groups in total. The first-order valence-corrected chi connectivity index (χ1v) is 6.02. The van der Waals surface area contributed by atoms with Crippen LogP contribution in [0, 0.1) is 16.7 Å². The first-order valence-electron chi connectivity index (χ1n) is 6.02. The SMILES string of the molecule is CC1(CNc2ncc(C#N)cc2N)CCCC1. The van der Waals surface area contributed by atoms with E-state index in [9.17, 15) is 0 Å². The Morgan fingerprint density at radius 2 is 2.24 bits per heavy atom. The maximum Gasteiger partial charge on any atom is 0.149 e. The first kappa shape index (κ1) is 11.7. The van der Waals surface area contributed by atoms with Crippen molar-refractivity contribution < 1.29 is 0 Å². The second-order valence-electron chi connectivity index (χ2n) is 5.14. The van der Waals surface area contributed by atoms with Crippen LogP contribution in [0.25, 0.3) is 0 Å². The van der Waals surface area contributed by atoms with E-state index < -0.39 is 0 Å². The molecule has 2 rings (SSSR count). The molecule has 0 unspecified atom stereocenters. The lowest BCUT2D eigenvalue weighted by molar-refractivity contribution is 0.361. The van der Waals surface area contributed by atoms with Gasteiger partial charge in [0, 0.05) is 12.7 Å². The summed E-state index contributed by atoms with van der Waals surface area (Å²) in [6.07, 6.45) is 6.70. The van der Waals surface area contributed by atoms with Crippen LogP contribution in [0.2, 0.25) is 0 Å². The van der Waals surface area contributed by atoms with Crippen LogP contribution in [-0.2, 0) is 0 Å². The number of nitrogen functional groups attached to an aromatic ring is 1. The maximum absolute atomic E-state index is 8.73. The molecule has 1 aromatic heterocycles. The molecule has 0 spiro atoms. The fourth-order valence-corrected chi connectivity index (χ4v) is 2.39. The highest BCUT2D eigenvalue weighted by Crippen LogP contribution is 2.37. The molecule has 1 fully saturated rings. The van der Waals surface area contributed by atoms with Gasteiger partial charge in [-0.2, -0.15) is 5.26 Å². The van der Waals surface area contributed by atoms with Gasteiger partial charge in [-0.1, -0.05) is 19.8 Å². The molecule has 17 heavy (non-hydrogen) atoms. The lowest BCUT2D eigenvalue weighted by Gasteiger charge is -2.24. The standard InChI is InChI=1S/C13H18N4/c1-13(4-2-3-5-13)9-17-12-11(15)6-10(7-14)8-16-12/h6,8H,2-5,9,15H2,1H3,(H,16,17). The Balaban J connectivity index is 2.02. The summed E-state index contributed by atoms with van der Waals surface area (Å²) in [5, 5.41) is 12.0. The second-order valence-corrected chi connectivity index (χ2v) is 5.14. The fraction of sp³-hybridized carbons (Fsp3) is 0.538. The molecule has 4 nitrogen and oxygen atoms in total. The molecule has 0 aliphatic heterocycles. The van der Waals surface area contributed by atoms with Crippen molar-refractivity contribution in [3.05, 3.63) is 17.8 Å². The van der Waals surface area contributed by atoms with E-state index in [1.54, 1.807) is 12.3 Å². The Labute approximate surface area is 102 Å². The highest BCUT2D eigenvalue weighted by Gasteiger charge is 2.28. The molecule has 4 heteroatoms. The summed E-state index contributed by atoms with van der Waals surface area (Å²) in [7, 11) is 0. The fourth-order valence-electron chi connectivity index (χ4n) is 2.39. The third-order valence-electron chi connectivity index (χ3n) is 3.54. The lowest BCUT2D eigenvalue weighted by atomic mass is 9.89. The Morgan fingerprint density at radius 3 is 2.82 bits per heavy atom. The number of hydrogen-bond acceptors (Lipinski definition) is 4. The minimum Gasteiger partial charge on any atom is -0.396 e. The molecule has 1 aliphatic rings. The summed E-state index contributed by atoms with van der Waals surface area (Å²) in [4.78, 5) is 4.18. The summed E-state index contributed by atoms with van der Waals surface area (Å²) in [6, 6.07) is 3.69. The van der Waals surface area contributed by atoms with E-state index >= 15 is 0 Å². The number of aromatic nitrogens is 1. The van der Waals surface area contributed by atoms with E-state index in [0.29, 0.717) is 22.5 Å². The molecule has 1 aliphatic carbocycles. The topological polar surface area (TPSA) is 74.7 Å². The van der Waals surface area contributed by atoms with Crippen molar-refractivity contribution in [1.82, 2.24) is 4.98 Å². The van der Waals surface area contributed by atoms with Crippen LogP contribution in [-0.4, -0.2) is 11.5 Å². The molecule has 1 aromatic rings. The van der Waals surface area contributed by atoms with Gasteiger partial charge in [0.2, 0.25) is 0 Å². The molecular weight excluding hydrogens is 212 g/mol. The summed E-state index contributed by atoms with van der Waals surface area (Å²) >= 11 is 0. The second kappa shape index (κ2) is 4.62. The van der Waals surface area contributed by atoms with Gasteiger partial charge in [0.05, 0.1) is 11.3 Å². The van der Waals surface area contributed by atoms with E-state index in [1.807, 2.05) is 6.07 Å². The summed E-state index contributed by atoms with van der Waals surface area (Å²) in [5.41, 5.74) is 7.26. The molecule has 0 bridgehead atoms. The molecule has 0 aromatic carbocycles. The van der Waals surface area contributed by atoms with Crippen molar-refractivity contribution in [3.63, 3.8) is 0 Å². The smallest absolute Gasteiger partial charge is 0.149 e. The van der Waals surface area contributed by atoms with Gasteiger partial charge in [-0.3, -0.25) is 0 Å². The lowest BCUT2D eigenvalue weighted by Crippen LogP contribution is -2.23. The molecular formula is C13H18N4. The highest BCUT2D eigenvalue weighted by atomic mass is 15.0. The van der Waals surface area contributed by atoms with Gasteiger partial charge in [-0.25, -0.2) is 4.98 Å². The number of anilines is 2. The van der Waals surface area contributed by atoms with E-state index in [0.717, 1.165) is 6.54 Å². The molecule has 90 valence electrons. The number of rotatable bonds is 3. The number of nitrogens with zero attached hydrogens (tertiary/aromatic N) is 2. The third-order valence-corrected chi connectivity index (χ3v) is 3.54. The first-order chi connectivity index (χ1) is 8.13. The van der Waals surface area contributed by atoms with Gasteiger partial charge in [-0.15, -0.1) is 0 Å². The van der Waals surface area contributed by atoms with Crippen molar-refractivity contribution in [2.75, 3.05) is 17.6 Å². The number of nitriles is 1. The van der Waals surface area contributed by atoms with Crippen LogP contribution in [0.3, 0.4) is 0 Å². The van der Waals surface area contributed by atoms with Crippen molar-refractivity contribution in [1.29, 1.82) is 5.26 Å². The van der Waals surface area contributed by atoms with Gasteiger partial charge >= 0.3 is 0 Å². The normalized spacial score (nSPS) is 17.6. The zero-order valence-electron chi connectivity index (χ0n) is 10.2.